The first-order valence-corrected chi connectivity index (χ1v) is 6.27. The first-order chi connectivity index (χ1) is 8.34. The van der Waals surface area contributed by atoms with E-state index in [0.29, 0.717) is 5.78 Å². The summed E-state index contributed by atoms with van der Waals surface area (Å²) in [6.07, 6.45) is 6.76. The molecule has 3 rings (SSSR count). The van der Waals surface area contributed by atoms with E-state index < -0.39 is 0 Å². The summed E-state index contributed by atoms with van der Waals surface area (Å²) in [4.78, 5) is 11.0. The monoisotopic (exact) mass is 231 g/mol. The van der Waals surface area contributed by atoms with E-state index >= 15 is 0 Å². The Morgan fingerprint density at radius 2 is 1.88 bits per heavy atom. The highest BCUT2D eigenvalue weighted by Crippen LogP contribution is 2.20. The van der Waals surface area contributed by atoms with Crippen LogP contribution in [0.25, 0.3) is 5.78 Å². The molecule has 0 N–H and O–H groups in total. The molecule has 5 heteroatoms. The van der Waals surface area contributed by atoms with Crippen LogP contribution in [0.5, 0.6) is 0 Å². The van der Waals surface area contributed by atoms with E-state index in [2.05, 4.69) is 26.0 Å². The third-order valence-electron chi connectivity index (χ3n) is 3.29. The summed E-state index contributed by atoms with van der Waals surface area (Å²) in [5.74, 6) is 1.83. The molecule has 0 aliphatic carbocycles. The Bertz CT molecular complexity index is 511. The van der Waals surface area contributed by atoms with Crippen LogP contribution < -0.4 is 4.90 Å². The highest BCUT2D eigenvalue weighted by atomic mass is 15.4. The fourth-order valence-electron chi connectivity index (χ4n) is 2.44. The number of aromatic nitrogens is 4. The Balaban J connectivity index is 2.05. The quantitative estimate of drug-likeness (QED) is 0.751. The molecule has 0 atom stereocenters. The van der Waals surface area contributed by atoms with Gasteiger partial charge in [-0.05, 0) is 19.8 Å². The molecule has 5 nitrogen and oxygen atoms in total. The maximum atomic E-state index is 4.38. The lowest BCUT2D eigenvalue weighted by molar-refractivity contribution is 0.726. The minimum atomic E-state index is 0.698. The zero-order valence-electron chi connectivity index (χ0n) is 10.1. The van der Waals surface area contributed by atoms with Gasteiger partial charge in [0.05, 0.1) is 0 Å². The van der Waals surface area contributed by atoms with Gasteiger partial charge in [-0.1, -0.05) is 12.8 Å². The van der Waals surface area contributed by atoms with E-state index in [0.717, 1.165) is 24.6 Å². The molecular formula is C12H17N5. The molecule has 0 amide bonds. The van der Waals surface area contributed by atoms with Crippen LogP contribution in [0.2, 0.25) is 0 Å². The van der Waals surface area contributed by atoms with Crippen molar-refractivity contribution < 1.29 is 0 Å². The SMILES string of the molecule is Cc1cc(N2CCCCCC2)n2ncnc2n1. The lowest BCUT2D eigenvalue weighted by Crippen LogP contribution is -2.26. The van der Waals surface area contributed by atoms with Crippen molar-refractivity contribution in [3.8, 4) is 0 Å². The molecule has 90 valence electrons. The van der Waals surface area contributed by atoms with E-state index in [-0.39, 0.29) is 0 Å². The van der Waals surface area contributed by atoms with E-state index in [4.69, 9.17) is 0 Å². The topological polar surface area (TPSA) is 46.3 Å². The van der Waals surface area contributed by atoms with Crippen molar-refractivity contribution in [1.82, 2.24) is 19.6 Å². The molecule has 2 aromatic heterocycles. The molecule has 17 heavy (non-hydrogen) atoms. The molecule has 3 heterocycles. The summed E-state index contributed by atoms with van der Waals surface area (Å²) in [5.41, 5.74) is 1.00. The lowest BCUT2D eigenvalue weighted by atomic mass is 10.2. The Labute approximate surface area is 100 Å². The second-order valence-corrected chi connectivity index (χ2v) is 4.63. The Morgan fingerprint density at radius 1 is 1.12 bits per heavy atom. The third-order valence-corrected chi connectivity index (χ3v) is 3.29. The average molecular weight is 231 g/mol. The summed E-state index contributed by atoms with van der Waals surface area (Å²) in [6, 6.07) is 2.10. The molecule has 0 radical (unpaired) electrons. The maximum Gasteiger partial charge on any atom is 0.254 e. The minimum absolute atomic E-state index is 0.698. The highest BCUT2D eigenvalue weighted by molar-refractivity contribution is 5.47. The average Bonchev–Trinajstić information content (AvgIpc) is 2.62. The number of hydrogen-bond donors (Lipinski definition) is 0. The van der Waals surface area contributed by atoms with Gasteiger partial charge in [-0.25, -0.2) is 4.98 Å². The van der Waals surface area contributed by atoms with Crippen LogP contribution in [0.1, 0.15) is 31.4 Å². The standard InChI is InChI=1S/C12H17N5/c1-10-8-11(16-6-4-2-3-5-7-16)17-12(15-10)13-9-14-17/h8-9H,2-7H2,1H3. The van der Waals surface area contributed by atoms with Gasteiger partial charge in [0.15, 0.2) is 0 Å². The Kier molecular flexibility index (Phi) is 2.66. The predicted octanol–water partition coefficient (Wildman–Crippen LogP) is 1.81. The predicted molar refractivity (Wildman–Crippen MR) is 66.2 cm³/mol. The molecule has 0 spiro atoms. The lowest BCUT2D eigenvalue weighted by Gasteiger charge is -2.22. The second kappa shape index (κ2) is 4.31. The van der Waals surface area contributed by atoms with Crippen molar-refractivity contribution in [2.45, 2.75) is 32.6 Å². The molecular weight excluding hydrogens is 214 g/mol. The largest absolute Gasteiger partial charge is 0.356 e. The number of nitrogens with zero attached hydrogens (tertiary/aromatic N) is 5. The molecule has 1 saturated heterocycles. The van der Waals surface area contributed by atoms with Crippen molar-refractivity contribution in [2.24, 2.45) is 0 Å². The van der Waals surface area contributed by atoms with Crippen LogP contribution in [-0.4, -0.2) is 32.7 Å². The van der Waals surface area contributed by atoms with Crippen molar-refractivity contribution in [3.05, 3.63) is 18.1 Å². The van der Waals surface area contributed by atoms with Gasteiger partial charge in [0.1, 0.15) is 12.1 Å². The number of anilines is 1. The first kappa shape index (κ1) is 10.5. The summed E-state index contributed by atoms with van der Waals surface area (Å²) in [6.45, 7) is 4.23. The molecule has 1 aliphatic rings. The zero-order valence-corrected chi connectivity index (χ0v) is 10.1. The first-order valence-electron chi connectivity index (χ1n) is 6.27. The number of aryl methyl sites for hydroxylation is 1. The van der Waals surface area contributed by atoms with Crippen molar-refractivity contribution >= 4 is 11.6 Å². The molecule has 0 saturated carbocycles. The number of rotatable bonds is 1. The zero-order chi connectivity index (χ0) is 11.7. The minimum Gasteiger partial charge on any atom is -0.356 e. The summed E-state index contributed by atoms with van der Waals surface area (Å²) in [7, 11) is 0. The molecule has 1 aliphatic heterocycles. The van der Waals surface area contributed by atoms with E-state index in [1.54, 1.807) is 6.33 Å². The van der Waals surface area contributed by atoms with Crippen molar-refractivity contribution in [3.63, 3.8) is 0 Å². The summed E-state index contributed by atoms with van der Waals surface area (Å²) < 4.78 is 1.85. The van der Waals surface area contributed by atoms with E-state index in [9.17, 15) is 0 Å². The fourth-order valence-corrected chi connectivity index (χ4v) is 2.44. The van der Waals surface area contributed by atoms with Gasteiger partial charge in [0, 0.05) is 24.8 Å². The van der Waals surface area contributed by atoms with Crippen LogP contribution in [0, 0.1) is 6.92 Å². The van der Waals surface area contributed by atoms with Crippen LogP contribution in [-0.2, 0) is 0 Å². The van der Waals surface area contributed by atoms with E-state index in [1.165, 1.54) is 25.7 Å². The fraction of sp³-hybridized carbons (Fsp3) is 0.583. The number of hydrogen-bond acceptors (Lipinski definition) is 4. The van der Waals surface area contributed by atoms with E-state index in [1.807, 2.05) is 11.4 Å². The van der Waals surface area contributed by atoms with Gasteiger partial charge in [-0.15, -0.1) is 0 Å². The molecule has 1 fully saturated rings. The third kappa shape index (κ3) is 1.97. The van der Waals surface area contributed by atoms with Gasteiger partial charge in [-0.3, -0.25) is 0 Å². The molecule has 0 bridgehead atoms. The van der Waals surface area contributed by atoms with Gasteiger partial charge in [-0.2, -0.15) is 14.6 Å². The van der Waals surface area contributed by atoms with Crippen LogP contribution in [0.3, 0.4) is 0 Å². The molecule has 0 unspecified atom stereocenters. The highest BCUT2D eigenvalue weighted by Gasteiger charge is 2.14. The van der Waals surface area contributed by atoms with Crippen LogP contribution in [0.15, 0.2) is 12.4 Å². The smallest absolute Gasteiger partial charge is 0.254 e. The van der Waals surface area contributed by atoms with Crippen molar-refractivity contribution in [1.29, 1.82) is 0 Å². The Morgan fingerprint density at radius 3 is 2.65 bits per heavy atom. The summed E-state index contributed by atoms with van der Waals surface area (Å²) >= 11 is 0. The molecule has 0 aromatic carbocycles. The summed E-state index contributed by atoms with van der Waals surface area (Å²) in [5, 5.41) is 4.27. The van der Waals surface area contributed by atoms with Crippen LogP contribution >= 0.6 is 0 Å². The van der Waals surface area contributed by atoms with Gasteiger partial charge < -0.3 is 4.90 Å². The maximum absolute atomic E-state index is 4.38. The number of fused-ring (bicyclic) bond motifs is 1. The Hall–Kier alpha value is -1.65. The normalized spacial score (nSPS) is 17.4. The van der Waals surface area contributed by atoms with Gasteiger partial charge in [0.25, 0.3) is 5.78 Å². The van der Waals surface area contributed by atoms with Crippen molar-refractivity contribution in [2.75, 3.05) is 18.0 Å². The second-order valence-electron chi connectivity index (χ2n) is 4.63. The van der Waals surface area contributed by atoms with Gasteiger partial charge in [0.2, 0.25) is 0 Å². The molecule has 2 aromatic rings. The van der Waals surface area contributed by atoms with Gasteiger partial charge >= 0.3 is 0 Å². The van der Waals surface area contributed by atoms with Crippen LogP contribution in [0.4, 0.5) is 5.82 Å².